The zero-order chi connectivity index (χ0) is 13.8. The lowest BCUT2D eigenvalue weighted by Gasteiger charge is -2.16. The van der Waals surface area contributed by atoms with E-state index in [1.807, 2.05) is 31.0 Å². The van der Waals surface area contributed by atoms with Gasteiger partial charge in [-0.05, 0) is 37.7 Å². The molecule has 0 radical (unpaired) electrons. The van der Waals surface area contributed by atoms with Crippen LogP contribution in [-0.2, 0) is 13.1 Å². The minimum absolute atomic E-state index is 0.102. The summed E-state index contributed by atoms with van der Waals surface area (Å²) in [6, 6.07) is 7.36. The number of aryl methyl sites for hydroxylation is 1. The number of hydrogen-bond donors (Lipinski definition) is 1. The summed E-state index contributed by atoms with van der Waals surface area (Å²) in [4.78, 5) is 16.9. The van der Waals surface area contributed by atoms with Crippen LogP contribution in [0.3, 0.4) is 0 Å². The molecular weight excluding hydrogens is 244 g/mol. The third kappa shape index (κ3) is 3.42. The molecule has 5 nitrogen and oxygen atoms in total. The number of rotatable bonds is 5. The molecule has 2 rings (SSSR count). The fourth-order valence-electron chi connectivity index (χ4n) is 1.94. The Morgan fingerprint density at radius 3 is 2.79 bits per heavy atom. The molecule has 2 aromatic rings. The quantitative estimate of drug-likeness (QED) is 0.893. The lowest BCUT2D eigenvalue weighted by molar-refractivity contribution is 0.0688. The fourth-order valence-corrected chi connectivity index (χ4v) is 1.94. The van der Waals surface area contributed by atoms with E-state index in [9.17, 15) is 4.79 Å². The number of furan rings is 1. The maximum absolute atomic E-state index is 11.1. The van der Waals surface area contributed by atoms with Crippen molar-refractivity contribution in [2.45, 2.75) is 20.0 Å². The van der Waals surface area contributed by atoms with Crippen molar-refractivity contribution < 1.29 is 14.3 Å². The molecule has 2 heterocycles. The van der Waals surface area contributed by atoms with Crippen LogP contribution in [0.4, 0.5) is 0 Å². The first-order valence-electron chi connectivity index (χ1n) is 5.97. The summed E-state index contributed by atoms with van der Waals surface area (Å²) in [7, 11) is 1.91. The van der Waals surface area contributed by atoms with Gasteiger partial charge in [-0.2, -0.15) is 0 Å². The Labute approximate surface area is 111 Å². The number of aromatic carboxylic acids is 1. The largest absolute Gasteiger partial charge is 0.477 e. The first kappa shape index (κ1) is 13.3. The number of pyridine rings is 1. The van der Waals surface area contributed by atoms with E-state index < -0.39 is 5.97 Å². The van der Waals surface area contributed by atoms with Crippen LogP contribution in [0.5, 0.6) is 0 Å². The van der Waals surface area contributed by atoms with E-state index in [2.05, 4.69) is 4.98 Å². The average molecular weight is 260 g/mol. The van der Waals surface area contributed by atoms with E-state index in [-0.39, 0.29) is 5.69 Å². The molecule has 0 amide bonds. The number of hydrogen-bond acceptors (Lipinski definition) is 4. The highest BCUT2D eigenvalue weighted by Gasteiger charge is 2.13. The van der Waals surface area contributed by atoms with Crippen molar-refractivity contribution in [1.29, 1.82) is 0 Å². The third-order valence-electron chi connectivity index (χ3n) is 2.76. The molecule has 0 saturated heterocycles. The normalized spacial score (nSPS) is 10.9. The van der Waals surface area contributed by atoms with Gasteiger partial charge in [0.1, 0.15) is 11.5 Å². The molecule has 0 unspecified atom stereocenters. The highest BCUT2D eigenvalue weighted by Crippen LogP contribution is 2.13. The number of carbonyl (C=O) groups is 1. The molecule has 0 fully saturated rings. The standard InChI is InChI=1S/C14H16N2O3/c1-10-5-6-12(19-10)9-16(2)8-11-4-3-7-15-13(11)14(17)18/h3-7H,8-9H2,1-2H3,(H,17,18). The summed E-state index contributed by atoms with van der Waals surface area (Å²) >= 11 is 0. The van der Waals surface area contributed by atoms with Crippen LogP contribution in [0.1, 0.15) is 27.6 Å². The number of nitrogens with zero attached hydrogens (tertiary/aromatic N) is 2. The van der Waals surface area contributed by atoms with Crippen LogP contribution < -0.4 is 0 Å². The molecule has 2 aromatic heterocycles. The van der Waals surface area contributed by atoms with Gasteiger partial charge in [-0.15, -0.1) is 0 Å². The smallest absolute Gasteiger partial charge is 0.354 e. The molecule has 5 heteroatoms. The summed E-state index contributed by atoms with van der Waals surface area (Å²) in [5.74, 6) is 0.731. The summed E-state index contributed by atoms with van der Waals surface area (Å²) < 4.78 is 5.50. The monoisotopic (exact) mass is 260 g/mol. The van der Waals surface area contributed by atoms with Crippen LogP contribution in [0.2, 0.25) is 0 Å². The molecule has 1 N–H and O–H groups in total. The number of carboxylic acid groups (broad SMARTS) is 1. The van der Waals surface area contributed by atoms with Gasteiger partial charge < -0.3 is 9.52 Å². The zero-order valence-electron chi connectivity index (χ0n) is 11.0. The Bertz CT molecular complexity index is 578. The Morgan fingerprint density at radius 2 is 2.16 bits per heavy atom. The Morgan fingerprint density at radius 1 is 1.37 bits per heavy atom. The molecule has 0 aliphatic rings. The minimum Gasteiger partial charge on any atom is -0.477 e. The van der Waals surface area contributed by atoms with E-state index in [4.69, 9.17) is 9.52 Å². The second-order valence-electron chi connectivity index (χ2n) is 4.50. The van der Waals surface area contributed by atoms with Gasteiger partial charge in [0.2, 0.25) is 0 Å². The molecule has 100 valence electrons. The van der Waals surface area contributed by atoms with Crippen molar-refractivity contribution >= 4 is 5.97 Å². The predicted octanol–water partition coefficient (Wildman–Crippen LogP) is 2.31. The molecule has 0 spiro atoms. The number of carboxylic acids is 1. The van der Waals surface area contributed by atoms with Crippen molar-refractivity contribution in [2.24, 2.45) is 0 Å². The van der Waals surface area contributed by atoms with Gasteiger partial charge in [-0.1, -0.05) is 6.07 Å². The first-order valence-corrected chi connectivity index (χ1v) is 5.97. The molecular formula is C14H16N2O3. The maximum Gasteiger partial charge on any atom is 0.354 e. The van der Waals surface area contributed by atoms with Crippen molar-refractivity contribution in [3.8, 4) is 0 Å². The Hall–Kier alpha value is -2.14. The number of aromatic nitrogens is 1. The highest BCUT2D eigenvalue weighted by molar-refractivity contribution is 5.86. The van der Waals surface area contributed by atoms with Crippen LogP contribution >= 0.6 is 0 Å². The van der Waals surface area contributed by atoms with E-state index >= 15 is 0 Å². The van der Waals surface area contributed by atoms with Crippen molar-refractivity contribution in [3.05, 3.63) is 53.2 Å². The first-order chi connectivity index (χ1) is 9.06. The summed E-state index contributed by atoms with van der Waals surface area (Å²) in [5, 5.41) is 9.07. The molecule has 0 aromatic carbocycles. The minimum atomic E-state index is -1.00. The Kier molecular flexibility index (Phi) is 3.97. The lowest BCUT2D eigenvalue weighted by atomic mass is 10.2. The van der Waals surface area contributed by atoms with Crippen LogP contribution in [0, 0.1) is 6.92 Å². The molecule has 0 atom stereocenters. The van der Waals surface area contributed by atoms with Gasteiger partial charge in [0.15, 0.2) is 5.69 Å². The topological polar surface area (TPSA) is 66.6 Å². The van der Waals surface area contributed by atoms with E-state index in [0.29, 0.717) is 18.7 Å². The van der Waals surface area contributed by atoms with Crippen LogP contribution in [0.15, 0.2) is 34.9 Å². The van der Waals surface area contributed by atoms with Gasteiger partial charge in [0.05, 0.1) is 6.54 Å². The summed E-state index contributed by atoms with van der Waals surface area (Å²) in [6.45, 7) is 3.03. The highest BCUT2D eigenvalue weighted by atomic mass is 16.4. The van der Waals surface area contributed by atoms with Gasteiger partial charge >= 0.3 is 5.97 Å². The van der Waals surface area contributed by atoms with Gasteiger partial charge in [-0.25, -0.2) is 9.78 Å². The van der Waals surface area contributed by atoms with Crippen molar-refractivity contribution in [3.63, 3.8) is 0 Å². The van der Waals surface area contributed by atoms with Crippen LogP contribution in [-0.4, -0.2) is 28.0 Å². The van der Waals surface area contributed by atoms with E-state index in [1.54, 1.807) is 12.1 Å². The summed E-state index contributed by atoms with van der Waals surface area (Å²) in [6.07, 6.45) is 1.49. The molecule has 0 bridgehead atoms. The van der Waals surface area contributed by atoms with Crippen molar-refractivity contribution in [2.75, 3.05) is 7.05 Å². The fraction of sp³-hybridized carbons (Fsp3) is 0.286. The van der Waals surface area contributed by atoms with Gasteiger partial charge in [0.25, 0.3) is 0 Å². The molecule has 19 heavy (non-hydrogen) atoms. The maximum atomic E-state index is 11.1. The van der Waals surface area contributed by atoms with Crippen LogP contribution in [0.25, 0.3) is 0 Å². The van der Waals surface area contributed by atoms with Crippen molar-refractivity contribution in [1.82, 2.24) is 9.88 Å². The SMILES string of the molecule is Cc1ccc(CN(C)Cc2cccnc2C(=O)O)o1. The lowest BCUT2D eigenvalue weighted by Crippen LogP contribution is -2.19. The Balaban J connectivity index is 2.06. The second-order valence-corrected chi connectivity index (χ2v) is 4.50. The zero-order valence-corrected chi connectivity index (χ0v) is 11.0. The van der Waals surface area contributed by atoms with Gasteiger partial charge in [0, 0.05) is 12.7 Å². The predicted molar refractivity (Wildman–Crippen MR) is 69.8 cm³/mol. The third-order valence-corrected chi connectivity index (χ3v) is 2.76. The van der Waals surface area contributed by atoms with Gasteiger partial charge in [-0.3, -0.25) is 4.90 Å². The molecule has 0 aliphatic heterocycles. The average Bonchev–Trinajstić information content (AvgIpc) is 2.75. The molecule has 0 aliphatic carbocycles. The molecule has 0 saturated carbocycles. The summed E-state index contributed by atoms with van der Waals surface area (Å²) in [5.41, 5.74) is 0.797. The van der Waals surface area contributed by atoms with E-state index in [0.717, 1.165) is 11.5 Å². The van der Waals surface area contributed by atoms with E-state index in [1.165, 1.54) is 6.20 Å². The second kappa shape index (κ2) is 5.67.